The van der Waals surface area contributed by atoms with E-state index >= 15 is 0 Å². The molecule has 4 rings (SSSR count). The van der Waals surface area contributed by atoms with Gasteiger partial charge in [-0.05, 0) is 47.5 Å². The summed E-state index contributed by atoms with van der Waals surface area (Å²) in [6.45, 7) is 0. The van der Waals surface area contributed by atoms with E-state index in [1.165, 1.54) is 15.9 Å². The van der Waals surface area contributed by atoms with E-state index in [2.05, 4.69) is 10.1 Å². The molecule has 0 aliphatic rings. The number of nitrogens with zero attached hydrogens (tertiary/aromatic N) is 3. The summed E-state index contributed by atoms with van der Waals surface area (Å²) >= 11 is 7.16. The Hall–Kier alpha value is -3.36. The van der Waals surface area contributed by atoms with Crippen LogP contribution in [0.5, 0.6) is 17.2 Å². The van der Waals surface area contributed by atoms with Crippen molar-refractivity contribution in [3.8, 4) is 17.2 Å². The number of ether oxygens (including phenoxy) is 3. The topological polar surface area (TPSA) is 75.0 Å². The molecule has 2 aromatic carbocycles. The van der Waals surface area contributed by atoms with Crippen molar-refractivity contribution in [2.24, 2.45) is 0 Å². The van der Waals surface area contributed by atoms with Gasteiger partial charge in [-0.2, -0.15) is 9.50 Å². The molecule has 0 saturated heterocycles. The van der Waals surface area contributed by atoms with E-state index in [9.17, 15) is 4.79 Å². The molecule has 31 heavy (non-hydrogen) atoms. The van der Waals surface area contributed by atoms with Crippen LogP contribution in [0.4, 0.5) is 0 Å². The van der Waals surface area contributed by atoms with Crippen molar-refractivity contribution in [1.29, 1.82) is 0 Å². The lowest BCUT2D eigenvalue weighted by Crippen LogP contribution is -2.23. The van der Waals surface area contributed by atoms with Crippen LogP contribution in [0.3, 0.4) is 0 Å². The molecule has 0 saturated carbocycles. The fourth-order valence-electron chi connectivity index (χ4n) is 3.00. The molecule has 0 bridgehead atoms. The van der Waals surface area contributed by atoms with Gasteiger partial charge in [0.2, 0.25) is 10.7 Å². The molecule has 0 fully saturated rings. The molecular formula is C22H18ClN3O4S. The summed E-state index contributed by atoms with van der Waals surface area (Å²) < 4.78 is 17.9. The van der Waals surface area contributed by atoms with E-state index in [1.807, 2.05) is 18.2 Å². The van der Waals surface area contributed by atoms with Crippen LogP contribution in [-0.2, 0) is 0 Å². The average Bonchev–Trinajstić information content (AvgIpc) is 3.31. The normalized spacial score (nSPS) is 12.1. The first kappa shape index (κ1) is 20.9. The highest BCUT2D eigenvalue weighted by molar-refractivity contribution is 7.15. The molecule has 0 N–H and O–H groups in total. The Balaban J connectivity index is 1.69. The van der Waals surface area contributed by atoms with Gasteiger partial charge >= 0.3 is 0 Å². The van der Waals surface area contributed by atoms with E-state index in [4.69, 9.17) is 25.8 Å². The zero-order valence-corrected chi connectivity index (χ0v) is 18.5. The Kier molecular flexibility index (Phi) is 5.92. The predicted octanol–water partition coefficient (Wildman–Crippen LogP) is 3.55. The van der Waals surface area contributed by atoms with Crippen LogP contribution in [0.2, 0.25) is 5.02 Å². The van der Waals surface area contributed by atoms with Gasteiger partial charge in [0.05, 0.1) is 25.9 Å². The molecule has 158 valence electrons. The van der Waals surface area contributed by atoms with E-state index in [0.717, 1.165) is 11.1 Å². The minimum atomic E-state index is -0.243. The third-order valence-electron chi connectivity index (χ3n) is 4.48. The van der Waals surface area contributed by atoms with Gasteiger partial charge in [0, 0.05) is 5.02 Å². The van der Waals surface area contributed by atoms with E-state index in [1.54, 1.807) is 57.7 Å². The van der Waals surface area contributed by atoms with E-state index in [-0.39, 0.29) is 5.56 Å². The first-order valence-electron chi connectivity index (χ1n) is 9.17. The lowest BCUT2D eigenvalue weighted by Gasteiger charge is -2.12. The van der Waals surface area contributed by atoms with Gasteiger partial charge in [0.15, 0.2) is 17.3 Å². The van der Waals surface area contributed by atoms with Crippen molar-refractivity contribution in [2.45, 2.75) is 0 Å². The highest BCUT2D eigenvalue weighted by Gasteiger charge is 2.13. The number of hydrogen-bond acceptors (Lipinski definition) is 7. The Bertz CT molecular complexity index is 1350. The fraction of sp³-hybridized carbons (Fsp3) is 0.136. The predicted molar refractivity (Wildman–Crippen MR) is 122 cm³/mol. The van der Waals surface area contributed by atoms with Gasteiger partial charge < -0.3 is 14.2 Å². The second-order valence-corrected chi connectivity index (χ2v) is 7.87. The number of rotatable bonds is 6. The molecule has 0 unspecified atom stereocenters. The maximum atomic E-state index is 12.8. The number of thiazole rings is 1. The van der Waals surface area contributed by atoms with Crippen molar-refractivity contribution < 1.29 is 14.2 Å². The van der Waals surface area contributed by atoms with E-state index < -0.39 is 0 Å². The van der Waals surface area contributed by atoms with Gasteiger partial charge in [-0.15, -0.1) is 5.10 Å². The third kappa shape index (κ3) is 4.26. The highest BCUT2D eigenvalue weighted by Crippen LogP contribution is 2.38. The van der Waals surface area contributed by atoms with E-state index in [0.29, 0.717) is 37.6 Å². The molecule has 2 heterocycles. The largest absolute Gasteiger partial charge is 0.493 e. The first-order chi connectivity index (χ1) is 15.0. The molecule has 7 nitrogen and oxygen atoms in total. The summed E-state index contributed by atoms with van der Waals surface area (Å²) in [6.07, 6.45) is 5.37. The van der Waals surface area contributed by atoms with Crippen LogP contribution < -0.4 is 24.3 Å². The highest BCUT2D eigenvalue weighted by atomic mass is 35.5. The van der Waals surface area contributed by atoms with Gasteiger partial charge in [-0.1, -0.05) is 41.1 Å². The maximum absolute atomic E-state index is 12.8. The van der Waals surface area contributed by atoms with Crippen LogP contribution >= 0.6 is 22.9 Å². The fourth-order valence-corrected chi connectivity index (χ4v) is 4.04. The quantitative estimate of drug-likeness (QED) is 0.442. The van der Waals surface area contributed by atoms with Crippen LogP contribution in [0.1, 0.15) is 17.0 Å². The smallest absolute Gasteiger partial charge is 0.291 e. The molecular weight excluding hydrogens is 438 g/mol. The first-order valence-corrected chi connectivity index (χ1v) is 10.4. The van der Waals surface area contributed by atoms with Crippen molar-refractivity contribution in [3.05, 3.63) is 73.3 Å². The second kappa shape index (κ2) is 8.79. The molecule has 2 aromatic heterocycles. The molecule has 9 heteroatoms. The van der Waals surface area contributed by atoms with Crippen LogP contribution in [-0.4, -0.2) is 35.9 Å². The minimum Gasteiger partial charge on any atom is -0.493 e. The third-order valence-corrected chi connectivity index (χ3v) is 5.69. The lowest BCUT2D eigenvalue weighted by molar-refractivity contribution is 0.324. The molecule has 0 spiro atoms. The van der Waals surface area contributed by atoms with Crippen molar-refractivity contribution in [2.75, 3.05) is 21.3 Å². The maximum Gasteiger partial charge on any atom is 0.291 e. The van der Waals surface area contributed by atoms with Crippen LogP contribution in [0.15, 0.2) is 41.2 Å². The molecule has 0 aliphatic carbocycles. The van der Waals surface area contributed by atoms with Gasteiger partial charge in [-0.3, -0.25) is 4.79 Å². The SMILES string of the molecule is COc1cc(/C=c2/sc3nc(/C=C/c4ccc(Cl)cc4)nn3c2=O)cc(OC)c1OC. The number of benzene rings is 2. The molecule has 4 aromatic rings. The summed E-state index contributed by atoms with van der Waals surface area (Å²) in [5, 5.41) is 4.97. The van der Waals surface area contributed by atoms with Crippen molar-refractivity contribution >= 4 is 46.1 Å². The van der Waals surface area contributed by atoms with Gasteiger partial charge in [-0.25, -0.2) is 0 Å². The molecule has 0 radical (unpaired) electrons. The van der Waals surface area contributed by atoms with Crippen molar-refractivity contribution in [1.82, 2.24) is 14.6 Å². The zero-order valence-electron chi connectivity index (χ0n) is 17.0. The summed E-state index contributed by atoms with van der Waals surface area (Å²) in [4.78, 5) is 17.7. The molecule has 0 amide bonds. The monoisotopic (exact) mass is 455 g/mol. The summed E-state index contributed by atoms with van der Waals surface area (Å²) in [6, 6.07) is 10.9. The number of aromatic nitrogens is 3. The summed E-state index contributed by atoms with van der Waals surface area (Å²) in [7, 11) is 4.63. The second-order valence-electron chi connectivity index (χ2n) is 6.42. The number of halogens is 1. The van der Waals surface area contributed by atoms with Crippen LogP contribution in [0.25, 0.3) is 23.2 Å². The average molecular weight is 456 g/mol. The van der Waals surface area contributed by atoms with Crippen molar-refractivity contribution in [3.63, 3.8) is 0 Å². The Morgan fingerprint density at radius 1 is 0.968 bits per heavy atom. The Morgan fingerprint density at radius 2 is 1.65 bits per heavy atom. The Morgan fingerprint density at radius 3 is 2.23 bits per heavy atom. The standard InChI is InChI=1S/C22H18ClN3O4S/c1-28-16-10-14(11-17(29-2)20(16)30-3)12-18-21(27)26-22(31-18)24-19(25-26)9-6-13-4-7-15(23)8-5-13/h4-12H,1-3H3/b9-6+,18-12+. The van der Waals surface area contributed by atoms with Gasteiger partial charge in [0.25, 0.3) is 5.56 Å². The lowest BCUT2D eigenvalue weighted by atomic mass is 10.1. The van der Waals surface area contributed by atoms with Crippen LogP contribution in [0, 0.1) is 0 Å². The minimum absolute atomic E-state index is 0.243. The summed E-state index contributed by atoms with van der Waals surface area (Å²) in [5.74, 6) is 1.96. The summed E-state index contributed by atoms with van der Waals surface area (Å²) in [5.41, 5.74) is 1.45. The molecule has 0 aliphatic heterocycles. The number of hydrogen-bond donors (Lipinski definition) is 0. The number of methoxy groups -OCH3 is 3. The zero-order chi connectivity index (χ0) is 22.0. The number of fused-ring (bicyclic) bond motifs is 1. The Labute approximate surface area is 186 Å². The van der Waals surface area contributed by atoms with Gasteiger partial charge in [0.1, 0.15) is 0 Å². The molecule has 0 atom stereocenters.